The van der Waals surface area contributed by atoms with E-state index in [1.54, 1.807) is 6.08 Å². The summed E-state index contributed by atoms with van der Waals surface area (Å²) in [7, 11) is 0. The monoisotopic (exact) mass is 430 g/mol. The molecule has 1 amide bonds. The Hall–Kier alpha value is -2.72. The predicted molar refractivity (Wildman–Crippen MR) is 128 cm³/mol. The molecule has 0 radical (unpaired) electrons. The van der Waals surface area contributed by atoms with Crippen LogP contribution in [0.5, 0.6) is 0 Å². The predicted octanol–water partition coefficient (Wildman–Crippen LogP) is 4.81. The van der Waals surface area contributed by atoms with Crippen LogP contribution in [0, 0.1) is 11.8 Å². The van der Waals surface area contributed by atoms with Crippen LogP contribution in [-0.4, -0.2) is 22.6 Å². The van der Waals surface area contributed by atoms with E-state index in [-0.39, 0.29) is 23.7 Å². The van der Waals surface area contributed by atoms with Crippen LogP contribution in [0.4, 0.5) is 0 Å². The van der Waals surface area contributed by atoms with Gasteiger partial charge in [-0.3, -0.25) is 9.59 Å². The van der Waals surface area contributed by atoms with Gasteiger partial charge in [-0.05, 0) is 60.3 Å². The van der Waals surface area contributed by atoms with Crippen LogP contribution in [-0.2, 0) is 29.1 Å². The van der Waals surface area contributed by atoms with Crippen molar-refractivity contribution in [2.75, 3.05) is 0 Å². The smallest absolute Gasteiger partial charge is 0.246 e. The largest absolute Gasteiger partial charge is 0.330 e. The molecule has 1 heterocycles. The van der Waals surface area contributed by atoms with Gasteiger partial charge < -0.3 is 10.6 Å². The van der Waals surface area contributed by atoms with Gasteiger partial charge in [0.2, 0.25) is 5.91 Å². The third-order valence-corrected chi connectivity index (χ3v) is 7.05. The van der Waals surface area contributed by atoms with Crippen LogP contribution >= 0.6 is 0 Å². The van der Waals surface area contributed by atoms with Gasteiger partial charge in [0.1, 0.15) is 5.78 Å². The van der Waals surface area contributed by atoms with Gasteiger partial charge in [-0.15, -0.1) is 0 Å². The standard InChI is InChI=1S/C28H34N2O2/c29-28(23-10-4-5-11-23)26(31)18-22(15-14-21-8-2-1-3-9-21)16-17-27(32)30-19-24-12-6-7-13-25(24)20-30/h1-3,6-9,12-13,16-17,22-23,28H,4-5,10-11,14-15,18-20,29H2/b17-16+/t22-,28-/m0/s1. The van der Waals surface area contributed by atoms with Gasteiger partial charge in [0.05, 0.1) is 6.04 Å². The Bertz CT molecular complexity index is 922. The van der Waals surface area contributed by atoms with Crippen LogP contribution in [0.25, 0.3) is 0 Å². The summed E-state index contributed by atoms with van der Waals surface area (Å²) in [5.74, 6) is 0.495. The number of nitrogens with zero attached hydrogens (tertiary/aromatic N) is 1. The van der Waals surface area contributed by atoms with E-state index >= 15 is 0 Å². The zero-order chi connectivity index (χ0) is 22.3. The van der Waals surface area contributed by atoms with Crippen molar-refractivity contribution in [1.29, 1.82) is 0 Å². The number of aryl methyl sites for hydroxylation is 1. The first-order valence-electron chi connectivity index (χ1n) is 12.0. The Morgan fingerprint density at radius 1 is 0.969 bits per heavy atom. The molecule has 1 aliphatic heterocycles. The van der Waals surface area contributed by atoms with Crippen molar-refractivity contribution in [3.05, 3.63) is 83.4 Å². The third-order valence-electron chi connectivity index (χ3n) is 7.05. The van der Waals surface area contributed by atoms with Crippen molar-refractivity contribution in [3.8, 4) is 0 Å². The lowest BCUT2D eigenvalue weighted by Gasteiger charge is -2.20. The maximum Gasteiger partial charge on any atom is 0.246 e. The molecule has 0 bridgehead atoms. The fourth-order valence-corrected chi connectivity index (χ4v) is 5.05. The maximum absolute atomic E-state index is 12.9. The number of benzene rings is 2. The fraction of sp³-hybridized carbons (Fsp3) is 0.429. The maximum atomic E-state index is 12.9. The molecule has 2 aromatic rings. The summed E-state index contributed by atoms with van der Waals surface area (Å²) < 4.78 is 0. The van der Waals surface area contributed by atoms with Crippen LogP contribution in [0.15, 0.2) is 66.7 Å². The molecule has 1 fully saturated rings. The molecule has 1 saturated carbocycles. The number of rotatable bonds is 9. The lowest BCUT2D eigenvalue weighted by molar-refractivity contribution is -0.126. The van der Waals surface area contributed by atoms with Crippen LogP contribution in [0.1, 0.15) is 55.2 Å². The third kappa shape index (κ3) is 5.74. The second-order valence-electron chi connectivity index (χ2n) is 9.35. The van der Waals surface area contributed by atoms with E-state index < -0.39 is 0 Å². The summed E-state index contributed by atoms with van der Waals surface area (Å²) in [6.45, 7) is 1.30. The molecule has 2 aromatic carbocycles. The minimum atomic E-state index is -0.367. The van der Waals surface area contributed by atoms with Gasteiger partial charge in [-0.1, -0.05) is 73.5 Å². The summed E-state index contributed by atoms with van der Waals surface area (Å²) in [6, 6.07) is 18.1. The van der Waals surface area contributed by atoms with Crippen molar-refractivity contribution < 1.29 is 9.59 Å². The zero-order valence-corrected chi connectivity index (χ0v) is 18.8. The lowest BCUT2D eigenvalue weighted by Crippen LogP contribution is -2.37. The number of nitrogens with two attached hydrogens (primary N) is 1. The molecule has 0 spiro atoms. The molecule has 32 heavy (non-hydrogen) atoms. The lowest BCUT2D eigenvalue weighted by atomic mass is 9.87. The number of hydrogen-bond donors (Lipinski definition) is 1. The number of carbonyl (C=O) groups is 2. The minimum Gasteiger partial charge on any atom is -0.330 e. The Kier molecular flexibility index (Phi) is 7.54. The Labute approximate surface area is 191 Å². The van der Waals surface area contributed by atoms with Gasteiger partial charge in [0.25, 0.3) is 0 Å². The zero-order valence-electron chi connectivity index (χ0n) is 18.8. The minimum absolute atomic E-state index is 0.0125. The van der Waals surface area contributed by atoms with Gasteiger partial charge in [-0.25, -0.2) is 0 Å². The van der Waals surface area contributed by atoms with Crippen molar-refractivity contribution in [2.24, 2.45) is 17.6 Å². The van der Waals surface area contributed by atoms with Crippen molar-refractivity contribution >= 4 is 11.7 Å². The summed E-state index contributed by atoms with van der Waals surface area (Å²) in [4.78, 5) is 27.7. The second kappa shape index (κ2) is 10.7. The van der Waals surface area contributed by atoms with Crippen molar-refractivity contribution in [1.82, 2.24) is 4.90 Å². The Morgan fingerprint density at radius 3 is 2.25 bits per heavy atom. The average molecular weight is 431 g/mol. The molecule has 0 saturated heterocycles. The molecule has 4 rings (SSSR count). The molecule has 4 nitrogen and oxygen atoms in total. The van der Waals surface area contributed by atoms with E-state index in [2.05, 4.69) is 24.3 Å². The normalized spacial score (nSPS) is 18.1. The molecule has 168 valence electrons. The topological polar surface area (TPSA) is 63.4 Å². The van der Waals surface area contributed by atoms with E-state index in [1.165, 1.54) is 29.5 Å². The Morgan fingerprint density at radius 2 is 1.59 bits per heavy atom. The van der Waals surface area contributed by atoms with E-state index in [4.69, 9.17) is 5.73 Å². The first-order valence-corrected chi connectivity index (χ1v) is 12.0. The van der Waals surface area contributed by atoms with Crippen LogP contribution < -0.4 is 5.73 Å². The Balaban J connectivity index is 1.39. The summed E-state index contributed by atoms with van der Waals surface area (Å²) in [6.07, 6.45) is 10.2. The number of hydrogen-bond acceptors (Lipinski definition) is 3. The molecular weight excluding hydrogens is 396 g/mol. The summed E-state index contributed by atoms with van der Waals surface area (Å²) in [5, 5.41) is 0. The van der Waals surface area contributed by atoms with Crippen molar-refractivity contribution in [3.63, 3.8) is 0 Å². The molecule has 2 aliphatic rings. The van der Waals surface area contributed by atoms with Gasteiger partial charge in [-0.2, -0.15) is 0 Å². The molecule has 1 aliphatic carbocycles. The van der Waals surface area contributed by atoms with Gasteiger partial charge in [0, 0.05) is 19.5 Å². The SMILES string of the molecule is N[C@H](C(=O)C[C@H](/C=C/C(=O)N1Cc2ccccc2C1)CCc1ccccc1)C1CCCC1. The number of fused-ring (bicyclic) bond motifs is 1. The number of carbonyl (C=O) groups excluding carboxylic acids is 2. The molecule has 0 unspecified atom stereocenters. The highest BCUT2D eigenvalue weighted by atomic mass is 16.2. The van der Waals surface area contributed by atoms with Crippen LogP contribution in [0.3, 0.4) is 0 Å². The van der Waals surface area contributed by atoms with Gasteiger partial charge >= 0.3 is 0 Å². The number of allylic oxidation sites excluding steroid dienone is 1. The highest BCUT2D eigenvalue weighted by Crippen LogP contribution is 2.29. The highest BCUT2D eigenvalue weighted by molar-refractivity contribution is 5.88. The molecule has 4 heteroatoms. The van der Waals surface area contributed by atoms with Gasteiger partial charge in [0.15, 0.2) is 0 Å². The first kappa shape index (κ1) is 22.5. The molecule has 2 N–H and O–H groups in total. The van der Waals surface area contributed by atoms with E-state index in [1.807, 2.05) is 41.3 Å². The van der Waals surface area contributed by atoms with Crippen LogP contribution in [0.2, 0.25) is 0 Å². The van der Waals surface area contributed by atoms with E-state index in [9.17, 15) is 9.59 Å². The number of ketones is 1. The average Bonchev–Trinajstić information content (AvgIpc) is 3.51. The fourth-order valence-electron chi connectivity index (χ4n) is 5.05. The number of Topliss-reactive ketones (excluding diaryl/α,β-unsaturated/α-hetero) is 1. The molecule has 0 aromatic heterocycles. The number of amides is 1. The second-order valence-corrected chi connectivity index (χ2v) is 9.35. The van der Waals surface area contributed by atoms with E-state index in [0.29, 0.717) is 25.4 Å². The first-order chi connectivity index (χ1) is 15.6. The summed E-state index contributed by atoms with van der Waals surface area (Å²) in [5.41, 5.74) is 10.0. The quantitative estimate of drug-likeness (QED) is 0.581. The molecular formula is C28H34N2O2. The summed E-state index contributed by atoms with van der Waals surface area (Å²) >= 11 is 0. The van der Waals surface area contributed by atoms with E-state index in [0.717, 1.165) is 25.7 Å². The van der Waals surface area contributed by atoms with Crippen molar-refractivity contribution in [2.45, 2.75) is 64.1 Å². The highest BCUT2D eigenvalue weighted by Gasteiger charge is 2.28. The molecule has 2 atom stereocenters.